The van der Waals surface area contributed by atoms with Gasteiger partial charge < -0.3 is 28.6 Å². The quantitative estimate of drug-likeness (QED) is 0.0361. The Balaban J connectivity index is 0.000000518. The van der Waals surface area contributed by atoms with Crippen LogP contribution >= 0.6 is 20.7 Å². The molecule has 69 heavy (non-hydrogen) atoms. The number of nitrogens with zero attached hydrogens (tertiary/aromatic N) is 2. The summed E-state index contributed by atoms with van der Waals surface area (Å²) in [6, 6.07) is 0.494. The van der Waals surface area contributed by atoms with E-state index in [9.17, 15) is 0 Å². The van der Waals surface area contributed by atoms with Gasteiger partial charge in [0.25, 0.3) is 0 Å². The molecule has 11 heteroatoms. The van der Waals surface area contributed by atoms with E-state index >= 15 is 0 Å². The van der Waals surface area contributed by atoms with Crippen molar-refractivity contribution in [3.63, 3.8) is 0 Å². The molecule has 3 aliphatic carbocycles. The lowest BCUT2D eigenvalue weighted by Gasteiger charge is -2.31. The van der Waals surface area contributed by atoms with Gasteiger partial charge in [-0.15, -0.1) is 39.6 Å². The Morgan fingerprint density at radius 1 is 0.478 bits per heavy atom. The molecule has 0 N–H and O–H groups in total. The number of hydrogen-bond donors (Lipinski definition) is 0. The highest BCUT2D eigenvalue weighted by Gasteiger charge is 2.45. The molecule has 0 saturated heterocycles. The second-order valence-electron chi connectivity index (χ2n) is 22.7. The first kappa shape index (κ1) is 67.1. The summed E-state index contributed by atoms with van der Waals surface area (Å²) in [7, 11) is 13.0. The van der Waals surface area contributed by atoms with Crippen LogP contribution in [-0.4, -0.2) is 167 Å². The largest absolute Gasteiger partial charge is 0.399 e. The van der Waals surface area contributed by atoms with Gasteiger partial charge in [0, 0.05) is 60.3 Å². The highest BCUT2D eigenvalue weighted by molar-refractivity contribution is 7.73. The van der Waals surface area contributed by atoms with E-state index in [4.69, 9.17) is 28.6 Å². The average molecular weight is 1030 g/mol. The number of oxime groups is 1. The van der Waals surface area contributed by atoms with Gasteiger partial charge in [-0.2, -0.15) is 5.06 Å². The van der Waals surface area contributed by atoms with E-state index in [2.05, 4.69) is 97.7 Å². The van der Waals surface area contributed by atoms with Gasteiger partial charge in [0.05, 0.1) is 37.2 Å². The van der Waals surface area contributed by atoms with Crippen LogP contribution in [0.3, 0.4) is 0 Å². The van der Waals surface area contributed by atoms with Crippen LogP contribution < -0.4 is 0 Å². The fourth-order valence-electron chi connectivity index (χ4n) is 12.0. The van der Waals surface area contributed by atoms with Gasteiger partial charge in [0.1, 0.15) is 7.11 Å². The van der Waals surface area contributed by atoms with Gasteiger partial charge in [-0.1, -0.05) is 104 Å². The van der Waals surface area contributed by atoms with Gasteiger partial charge in [-0.05, 0) is 151 Å². The molecule has 3 aliphatic rings. The van der Waals surface area contributed by atoms with Crippen molar-refractivity contribution in [1.29, 1.82) is 0 Å². The molecule has 0 spiro atoms. The third-order valence-electron chi connectivity index (χ3n) is 17.4. The fraction of sp³-hybridized carbons (Fsp3) is 0.931. The van der Waals surface area contributed by atoms with Crippen LogP contribution in [0, 0.1) is 35.5 Å². The van der Waals surface area contributed by atoms with Gasteiger partial charge in [0.2, 0.25) is 0 Å². The van der Waals surface area contributed by atoms with Crippen LogP contribution in [-0.2, 0) is 28.6 Å². The Kier molecular flexibility index (Phi) is 36.0. The standard InChI is InChI=1S/C20H42NO2P.C19H38NO2P.C19H39O2P/c1-8-10-11-13-17-18(14-12-15-24(6,7)9-2)20(22-4)16-19(17)21(3)23-5;1-7-9-10-12-16-17(13-11-14-23(5,6)8-2)19(21-3)15-18(16)20-22-4;1-7-9-10-12-16-17(13-11-14-22(5,6)8-2)19(21-4)15-18(16)20-3/h17-20H,6,8-16H2,1-5,7H3;16-17,19H,5,7-15H2,1-4,6H3;16-19H,5,7-15H2,1-4,6H3/b;20-18-;. The second-order valence-corrected chi connectivity index (χ2v) is 35.6. The van der Waals surface area contributed by atoms with Gasteiger partial charge >= 0.3 is 0 Å². The number of hydrogen-bond acceptors (Lipinski definition) is 8. The summed E-state index contributed by atoms with van der Waals surface area (Å²) in [5, 5.41) is 6.41. The maximum absolute atomic E-state index is 5.91. The van der Waals surface area contributed by atoms with Crippen LogP contribution in [0.4, 0.5) is 0 Å². The number of hydroxylamine groups is 2. The molecule has 14 unspecified atom stereocenters. The minimum Gasteiger partial charge on any atom is -0.399 e. The molecule has 0 aliphatic heterocycles. The Morgan fingerprint density at radius 2 is 0.841 bits per heavy atom. The van der Waals surface area contributed by atoms with Crippen LogP contribution in [0.5, 0.6) is 0 Å². The van der Waals surface area contributed by atoms with E-state index in [1.54, 1.807) is 14.2 Å². The Morgan fingerprint density at radius 3 is 1.22 bits per heavy atom. The first-order chi connectivity index (χ1) is 32.9. The summed E-state index contributed by atoms with van der Waals surface area (Å²) < 4.78 is 23.3. The lowest BCUT2D eigenvalue weighted by Crippen LogP contribution is -2.35. The monoisotopic (exact) mass is 1030 g/mol. The molecular weight excluding hydrogens is 914 g/mol. The molecule has 0 amide bonds. The summed E-state index contributed by atoms with van der Waals surface area (Å²) in [4.78, 5) is 10.7. The minimum absolute atomic E-state index is 0.312. The smallest absolute Gasteiger partial charge is 0.106 e. The van der Waals surface area contributed by atoms with Crippen molar-refractivity contribution in [1.82, 2.24) is 5.06 Å². The maximum Gasteiger partial charge on any atom is 0.106 e. The molecule has 412 valence electrons. The zero-order valence-corrected chi connectivity index (χ0v) is 51.4. The normalized spacial score (nSPS) is 30.0. The van der Waals surface area contributed by atoms with Crippen molar-refractivity contribution in [2.45, 2.75) is 207 Å². The first-order valence-corrected chi connectivity index (χ1v) is 36.8. The molecule has 3 rings (SSSR count). The van der Waals surface area contributed by atoms with E-state index in [0.717, 1.165) is 19.3 Å². The molecule has 14 atom stereocenters. The minimum atomic E-state index is -0.928. The van der Waals surface area contributed by atoms with Gasteiger partial charge in [-0.25, -0.2) is 0 Å². The fourth-order valence-corrected chi connectivity index (χ4v) is 15.8. The zero-order valence-electron chi connectivity index (χ0n) is 48.7. The molecule has 3 fully saturated rings. The lowest BCUT2D eigenvalue weighted by atomic mass is 9.85. The summed E-state index contributed by atoms with van der Waals surface area (Å²) in [5.74, 6) is 3.89. The Bertz CT molecular complexity index is 1480. The average Bonchev–Trinajstić information content (AvgIpc) is 3.99. The van der Waals surface area contributed by atoms with Crippen LogP contribution in [0.15, 0.2) is 5.16 Å². The summed E-state index contributed by atoms with van der Waals surface area (Å²) >= 11 is 0. The molecule has 8 nitrogen and oxygen atoms in total. The summed E-state index contributed by atoms with van der Waals surface area (Å²) in [6.45, 7) is 18.1. The third-order valence-corrected chi connectivity index (χ3v) is 26.1. The SMILES string of the molecule is C=P(C)(CC)CCCC1C(OC)C/C(=N/OC)C1CCCCC.C=P(C)(CC)CCCC1C(OC)CC(N(C)OC)C1CCCCC.C=P(C)(CC)CCCC1C(OC)CC(OC)C1CCCCC. The molecule has 0 bridgehead atoms. The molecule has 0 aromatic heterocycles. The predicted molar refractivity (Wildman–Crippen MR) is 317 cm³/mol. The maximum atomic E-state index is 5.91. The van der Waals surface area contributed by atoms with Crippen molar-refractivity contribution in [3.8, 4) is 0 Å². The van der Waals surface area contributed by atoms with Crippen molar-refractivity contribution < 1.29 is 28.6 Å². The van der Waals surface area contributed by atoms with E-state index in [1.807, 2.05) is 28.4 Å². The van der Waals surface area contributed by atoms with Crippen LogP contribution in [0.25, 0.3) is 0 Å². The Hall–Kier alpha value is 0.130. The van der Waals surface area contributed by atoms with E-state index in [1.165, 1.54) is 158 Å². The van der Waals surface area contributed by atoms with E-state index in [0.29, 0.717) is 66.0 Å². The van der Waals surface area contributed by atoms with Gasteiger partial charge in [0.15, 0.2) is 0 Å². The van der Waals surface area contributed by atoms with Gasteiger partial charge in [-0.3, -0.25) is 0 Å². The number of rotatable bonds is 34. The number of unbranched alkanes of at least 4 members (excludes halogenated alkanes) is 6. The zero-order chi connectivity index (χ0) is 52.0. The summed E-state index contributed by atoms with van der Waals surface area (Å²) in [6.07, 6.45) is 49.1. The third kappa shape index (κ3) is 24.6. The Labute approximate surface area is 431 Å². The van der Waals surface area contributed by atoms with Crippen molar-refractivity contribution >= 4 is 45.3 Å². The molecule has 0 heterocycles. The van der Waals surface area contributed by atoms with Crippen molar-refractivity contribution in [2.75, 3.05) is 107 Å². The van der Waals surface area contributed by atoms with Crippen LogP contribution in [0.1, 0.15) is 176 Å². The van der Waals surface area contributed by atoms with E-state index in [-0.39, 0.29) is 0 Å². The van der Waals surface area contributed by atoms with E-state index < -0.39 is 20.7 Å². The molecule has 3 saturated carbocycles. The molecular formula is C58H119N2O6P3. The number of methoxy groups -OCH3 is 4. The number of ether oxygens (including phenoxy) is 4. The topological polar surface area (TPSA) is 71.0 Å². The second kappa shape index (κ2) is 37.0. The first-order valence-electron chi connectivity index (χ1n) is 28.4. The lowest BCUT2D eigenvalue weighted by molar-refractivity contribution is -0.152. The molecule has 0 aromatic rings. The van der Waals surface area contributed by atoms with Crippen molar-refractivity contribution in [3.05, 3.63) is 0 Å². The molecule has 0 radical (unpaired) electrons. The highest BCUT2D eigenvalue weighted by atomic mass is 31.2. The van der Waals surface area contributed by atoms with Crippen LogP contribution in [0.2, 0.25) is 0 Å². The summed E-state index contributed by atoms with van der Waals surface area (Å²) in [5.41, 5.74) is 1.23. The highest BCUT2D eigenvalue weighted by Crippen LogP contribution is 2.48. The van der Waals surface area contributed by atoms with Crippen molar-refractivity contribution in [2.24, 2.45) is 40.7 Å². The molecule has 0 aromatic carbocycles. The predicted octanol–water partition coefficient (Wildman–Crippen LogP) is 15.2.